The molecule has 0 fully saturated rings. The average Bonchev–Trinajstić information content (AvgIpc) is 2.09. The zero-order chi connectivity index (χ0) is 9.84. The van der Waals surface area contributed by atoms with Gasteiger partial charge >= 0.3 is 0 Å². The number of Topliss-reactive ketones (excluding diaryl/α,β-unsaturated/α-hetero) is 1. The van der Waals surface area contributed by atoms with Gasteiger partial charge in [-0.25, -0.2) is 0 Å². The van der Waals surface area contributed by atoms with Crippen molar-refractivity contribution < 1.29 is 4.79 Å². The molecule has 1 aromatic heterocycles. The Morgan fingerprint density at radius 2 is 2.38 bits per heavy atom. The molecular formula is C9H10BrNOS. The highest BCUT2D eigenvalue weighted by atomic mass is 79.9. The Balaban J connectivity index is 2.83. The van der Waals surface area contributed by atoms with Crippen molar-refractivity contribution in [3.8, 4) is 0 Å². The number of hydrogen-bond donors (Lipinski definition) is 1. The summed E-state index contributed by atoms with van der Waals surface area (Å²) < 4.78 is 0.937. The van der Waals surface area contributed by atoms with Gasteiger partial charge in [0, 0.05) is 22.8 Å². The molecule has 0 saturated carbocycles. The SMILES string of the molecule is Cc1cc(Br)cnc1CC(=O)CS. The van der Waals surface area contributed by atoms with Crippen molar-refractivity contribution >= 4 is 34.3 Å². The first-order valence-electron chi connectivity index (χ1n) is 3.87. The molecule has 0 atom stereocenters. The summed E-state index contributed by atoms with van der Waals surface area (Å²) >= 11 is 7.23. The molecule has 4 heteroatoms. The molecule has 2 nitrogen and oxygen atoms in total. The van der Waals surface area contributed by atoms with E-state index in [1.807, 2.05) is 13.0 Å². The minimum atomic E-state index is 0.0984. The number of carbonyl (C=O) groups excluding carboxylic acids is 1. The first-order valence-corrected chi connectivity index (χ1v) is 5.29. The summed E-state index contributed by atoms with van der Waals surface area (Å²) in [7, 11) is 0. The lowest BCUT2D eigenvalue weighted by Crippen LogP contribution is -2.06. The summed E-state index contributed by atoms with van der Waals surface area (Å²) in [6.07, 6.45) is 2.08. The minimum Gasteiger partial charge on any atom is -0.298 e. The second-order valence-electron chi connectivity index (χ2n) is 2.79. The predicted molar refractivity (Wildman–Crippen MR) is 59.2 cm³/mol. The Hall–Kier alpha value is -0.350. The van der Waals surface area contributed by atoms with Crippen LogP contribution < -0.4 is 0 Å². The fraction of sp³-hybridized carbons (Fsp3) is 0.333. The van der Waals surface area contributed by atoms with Crippen molar-refractivity contribution in [2.75, 3.05) is 5.75 Å². The Bertz CT molecular complexity index is 327. The zero-order valence-corrected chi connectivity index (χ0v) is 9.73. The number of aryl methyl sites for hydroxylation is 1. The number of hydrogen-bond acceptors (Lipinski definition) is 3. The third kappa shape index (κ3) is 3.12. The molecule has 0 spiro atoms. The van der Waals surface area contributed by atoms with E-state index in [-0.39, 0.29) is 11.5 Å². The Kier molecular flexibility index (Phi) is 3.93. The number of thiol groups is 1. The zero-order valence-electron chi connectivity index (χ0n) is 7.25. The van der Waals surface area contributed by atoms with Crippen molar-refractivity contribution in [3.05, 3.63) is 28.0 Å². The van der Waals surface area contributed by atoms with E-state index in [2.05, 4.69) is 33.5 Å². The number of nitrogens with zero attached hydrogens (tertiary/aromatic N) is 1. The van der Waals surface area contributed by atoms with Gasteiger partial charge in [0.15, 0.2) is 0 Å². The molecule has 0 aliphatic rings. The van der Waals surface area contributed by atoms with E-state index in [4.69, 9.17) is 0 Å². The second-order valence-corrected chi connectivity index (χ2v) is 4.02. The van der Waals surface area contributed by atoms with Crippen LogP contribution in [-0.4, -0.2) is 16.5 Å². The van der Waals surface area contributed by atoms with E-state index in [0.29, 0.717) is 6.42 Å². The van der Waals surface area contributed by atoms with Gasteiger partial charge in [-0.3, -0.25) is 9.78 Å². The summed E-state index contributed by atoms with van der Waals surface area (Å²) in [5, 5.41) is 0. The Morgan fingerprint density at radius 1 is 1.69 bits per heavy atom. The molecule has 0 saturated heterocycles. The maximum absolute atomic E-state index is 11.1. The van der Waals surface area contributed by atoms with Crippen LogP contribution in [0.5, 0.6) is 0 Å². The van der Waals surface area contributed by atoms with Gasteiger partial charge in [0.1, 0.15) is 5.78 Å². The van der Waals surface area contributed by atoms with Crippen LogP contribution in [-0.2, 0) is 11.2 Å². The lowest BCUT2D eigenvalue weighted by molar-refractivity contribution is -0.116. The summed E-state index contributed by atoms with van der Waals surface area (Å²) in [6.45, 7) is 1.94. The maximum Gasteiger partial charge on any atom is 0.148 e. The molecular weight excluding hydrogens is 250 g/mol. The smallest absolute Gasteiger partial charge is 0.148 e. The van der Waals surface area contributed by atoms with E-state index in [1.54, 1.807) is 6.20 Å². The minimum absolute atomic E-state index is 0.0984. The van der Waals surface area contributed by atoms with E-state index >= 15 is 0 Å². The van der Waals surface area contributed by atoms with Gasteiger partial charge < -0.3 is 0 Å². The van der Waals surface area contributed by atoms with Crippen LogP contribution in [0.25, 0.3) is 0 Å². The third-order valence-electron chi connectivity index (χ3n) is 1.69. The highest BCUT2D eigenvalue weighted by Gasteiger charge is 2.05. The molecule has 1 rings (SSSR count). The quantitative estimate of drug-likeness (QED) is 0.844. The van der Waals surface area contributed by atoms with Gasteiger partial charge in [0.05, 0.1) is 5.69 Å². The molecule has 0 aromatic carbocycles. The molecule has 0 aliphatic heterocycles. The topological polar surface area (TPSA) is 30.0 Å². The Labute approximate surface area is 91.3 Å². The molecule has 0 aliphatic carbocycles. The molecule has 1 heterocycles. The molecule has 0 radical (unpaired) electrons. The number of rotatable bonds is 3. The molecule has 0 unspecified atom stereocenters. The van der Waals surface area contributed by atoms with E-state index < -0.39 is 0 Å². The third-order valence-corrected chi connectivity index (χ3v) is 2.48. The Morgan fingerprint density at radius 3 is 2.92 bits per heavy atom. The predicted octanol–water partition coefficient (Wildman–Crippen LogP) is 2.19. The molecule has 0 bridgehead atoms. The first-order chi connectivity index (χ1) is 6.13. The van der Waals surface area contributed by atoms with Crippen LogP contribution in [0.2, 0.25) is 0 Å². The first kappa shape index (κ1) is 10.7. The summed E-state index contributed by atoms with van der Waals surface area (Å²) in [5.41, 5.74) is 1.87. The second kappa shape index (κ2) is 4.77. The maximum atomic E-state index is 11.1. The highest BCUT2D eigenvalue weighted by molar-refractivity contribution is 9.10. The standard InChI is InChI=1S/C9H10BrNOS/c1-6-2-7(10)4-11-9(6)3-8(12)5-13/h2,4,13H,3,5H2,1H3. The van der Waals surface area contributed by atoms with Crippen molar-refractivity contribution in [2.24, 2.45) is 0 Å². The molecule has 0 amide bonds. The van der Waals surface area contributed by atoms with E-state index in [9.17, 15) is 4.79 Å². The van der Waals surface area contributed by atoms with Crippen molar-refractivity contribution in [1.29, 1.82) is 0 Å². The largest absolute Gasteiger partial charge is 0.298 e. The molecule has 13 heavy (non-hydrogen) atoms. The summed E-state index contributed by atoms with van der Waals surface area (Å²) in [6, 6.07) is 1.95. The van der Waals surface area contributed by atoms with Crippen LogP contribution in [0, 0.1) is 6.92 Å². The van der Waals surface area contributed by atoms with Crippen LogP contribution in [0.3, 0.4) is 0 Å². The van der Waals surface area contributed by atoms with E-state index in [0.717, 1.165) is 15.7 Å². The van der Waals surface area contributed by atoms with Gasteiger partial charge in [-0.1, -0.05) is 0 Å². The molecule has 70 valence electrons. The number of ketones is 1. The van der Waals surface area contributed by atoms with Gasteiger partial charge in [-0.05, 0) is 34.5 Å². The number of aromatic nitrogens is 1. The van der Waals surface area contributed by atoms with Crippen LogP contribution in [0.1, 0.15) is 11.3 Å². The van der Waals surface area contributed by atoms with Crippen LogP contribution in [0.15, 0.2) is 16.7 Å². The number of carbonyl (C=O) groups is 1. The van der Waals surface area contributed by atoms with Crippen molar-refractivity contribution in [2.45, 2.75) is 13.3 Å². The average molecular weight is 260 g/mol. The normalized spacial score (nSPS) is 10.1. The highest BCUT2D eigenvalue weighted by Crippen LogP contribution is 2.13. The number of halogens is 1. The lowest BCUT2D eigenvalue weighted by atomic mass is 10.1. The summed E-state index contributed by atoms with van der Waals surface area (Å²) in [5.74, 6) is 0.373. The lowest BCUT2D eigenvalue weighted by Gasteiger charge is -2.02. The van der Waals surface area contributed by atoms with Crippen LogP contribution >= 0.6 is 28.6 Å². The van der Waals surface area contributed by atoms with Gasteiger partial charge in [0.25, 0.3) is 0 Å². The van der Waals surface area contributed by atoms with E-state index in [1.165, 1.54) is 0 Å². The monoisotopic (exact) mass is 259 g/mol. The fourth-order valence-corrected chi connectivity index (χ4v) is 1.55. The van der Waals surface area contributed by atoms with Crippen molar-refractivity contribution in [3.63, 3.8) is 0 Å². The van der Waals surface area contributed by atoms with Gasteiger partial charge in [-0.2, -0.15) is 12.6 Å². The van der Waals surface area contributed by atoms with Crippen molar-refractivity contribution in [1.82, 2.24) is 4.98 Å². The summed E-state index contributed by atoms with van der Waals surface area (Å²) in [4.78, 5) is 15.3. The molecule has 1 aromatic rings. The molecule has 0 N–H and O–H groups in total. The van der Waals surface area contributed by atoms with Gasteiger partial charge in [-0.15, -0.1) is 0 Å². The van der Waals surface area contributed by atoms with Crippen LogP contribution in [0.4, 0.5) is 0 Å². The fourth-order valence-electron chi connectivity index (χ4n) is 0.997. The van der Waals surface area contributed by atoms with Gasteiger partial charge in [0.2, 0.25) is 0 Å². The number of pyridine rings is 1.